The van der Waals surface area contributed by atoms with Crippen molar-refractivity contribution in [1.29, 1.82) is 0 Å². The van der Waals surface area contributed by atoms with Crippen LogP contribution in [0, 0.1) is 12.7 Å². The molecule has 0 heterocycles. The number of benzene rings is 4. The maximum absolute atomic E-state index is 14.0. The Morgan fingerprint density at radius 3 is 2.05 bits per heavy atom. The molecule has 4 aromatic rings. The van der Waals surface area contributed by atoms with Crippen LogP contribution in [0.1, 0.15) is 22.3 Å². The minimum absolute atomic E-state index is 0.0669. The molecule has 0 aliphatic rings. The third-order valence-electron chi connectivity index (χ3n) is 5.96. The average Bonchev–Trinajstić information content (AvgIpc) is 2.95. The van der Waals surface area contributed by atoms with Gasteiger partial charge in [0.1, 0.15) is 30.8 Å². The van der Waals surface area contributed by atoms with E-state index in [1.54, 1.807) is 13.0 Å². The van der Waals surface area contributed by atoms with Gasteiger partial charge < -0.3 is 20.1 Å². The van der Waals surface area contributed by atoms with Crippen molar-refractivity contribution in [2.45, 2.75) is 32.6 Å². The van der Waals surface area contributed by atoms with Crippen molar-refractivity contribution in [2.75, 3.05) is 5.32 Å². The molecule has 0 radical (unpaired) electrons. The van der Waals surface area contributed by atoms with E-state index >= 15 is 0 Å². The molecular weight excluding hydrogens is 483 g/mol. The molecule has 0 saturated heterocycles. The van der Waals surface area contributed by atoms with Crippen LogP contribution in [0.2, 0.25) is 0 Å². The lowest BCUT2D eigenvalue weighted by Gasteiger charge is -2.19. The van der Waals surface area contributed by atoms with Crippen LogP contribution in [0.25, 0.3) is 0 Å². The highest BCUT2D eigenvalue weighted by molar-refractivity contribution is 5.97. The Hall–Kier alpha value is -4.65. The minimum atomic E-state index is -0.961. The zero-order chi connectivity index (χ0) is 26.7. The van der Waals surface area contributed by atoms with Gasteiger partial charge in [0, 0.05) is 17.7 Å². The third kappa shape index (κ3) is 7.67. The number of alkyl carbamates (subject to hydrolysis) is 1. The zero-order valence-electron chi connectivity index (χ0n) is 21.0. The second-order valence-electron chi connectivity index (χ2n) is 8.78. The van der Waals surface area contributed by atoms with Crippen molar-refractivity contribution < 1.29 is 23.5 Å². The number of ether oxygens (including phenoxy) is 2. The summed E-state index contributed by atoms with van der Waals surface area (Å²) in [6.45, 7) is 2.08. The predicted molar refractivity (Wildman–Crippen MR) is 144 cm³/mol. The minimum Gasteiger partial charge on any atom is -0.489 e. The summed E-state index contributed by atoms with van der Waals surface area (Å²) in [6.07, 6.45) is -0.535. The van der Waals surface area contributed by atoms with E-state index in [0.717, 1.165) is 16.7 Å². The van der Waals surface area contributed by atoms with Crippen LogP contribution in [0.4, 0.5) is 14.9 Å². The van der Waals surface area contributed by atoms with Crippen molar-refractivity contribution in [3.05, 3.63) is 131 Å². The standard InChI is InChI=1S/C31H29FN2O4/c1-22-27(32)13-8-14-28(22)33-30(35)29(34-31(36)38-21-25-11-6-3-7-12-25)19-23-15-17-26(18-16-23)37-20-24-9-4-2-5-10-24/h2-18,29H,19-21H2,1H3,(H,33,35)(H,34,36)/t29-/m1/s1. The second-order valence-corrected chi connectivity index (χ2v) is 8.78. The van der Waals surface area contributed by atoms with Gasteiger partial charge in [0.25, 0.3) is 0 Å². The van der Waals surface area contributed by atoms with Crippen LogP contribution < -0.4 is 15.4 Å². The Kier molecular flexibility index (Phi) is 9.07. The number of hydrogen-bond donors (Lipinski definition) is 2. The largest absolute Gasteiger partial charge is 0.489 e. The summed E-state index contributed by atoms with van der Waals surface area (Å²) >= 11 is 0. The van der Waals surface area contributed by atoms with Crippen LogP contribution in [0.3, 0.4) is 0 Å². The monoisotopic (exact) mass is 512 g/mol. The highest BCUT2D eigenvalue weighted by Gasteiger charge is 2.23. The van der Waals surface area contributed by atoms with Crippen molar-refractivity contribution in [2.24, 2.45) is 0 Å². The molecule has 0 bridgehead atoms. The van der Waals surface area contributed by atoms with Crippen molar-refractivity contribution in [1.82, 2.24) is 5.32 Å². The maximum Gasteiger partial charge on any atom is 0.408 e. The third-order valence-corrected chi connectivity index (χ3v) is 5.96. The molecule has 0 fully saturated rings. The number of carbonyl (C=O) groups is 2. The van der Waals surface area contributed by atoms with E-state index in [-0.39, 0.29) is 13.0 Å². The smallest absolute Gasteiger partial charge is 0.408 e. The van der Waals surface area contributed by atoms with E-state index in [1.807, 2.05) is 84.9 Å². The van der Waals surface area contributed by atoms with Crippen LogP contribution in [0.5, 0.6) is 5.75 Å². The van der Waals surface area contributed by atoms with Gasteiger partial charge in [-0.3, -0.25) is 4.79 Å². The van der Waals surface area contributed by atoms with Gasteiger partial charge in [-0.05, 0) is 47.9 Å². The van der Waals surface area contributed by atoms with E-state index < -0.39 is 23.9 Å². The van der Waals surface area contributed by atoms with Gasteiger partial charge in [0.2, 0.25) is 5.91 Å². The second kappa shape index (κ2) is 13.1. The summed E-state index contributed by atoms with van der Waals surface area (Å²) in [5, 5.41) is 5.38. The van der Waals surface area contributed by atoms with E-state index in [9.17, 15) is 14.0 Å². The number of nitrogens with one attached hydrogen (secondary N) is 2. The van der Waals surface area contributed by atoms with Gasteiger partial charge in [0.05, 0.1) is 0 Å². The maximum atomic E-state index is 14.0. The number of amides is 2. The average molecular weight is 513 g/mol. The van der Waals surface area contributed by atoms with E-state index in [4.69, 9.17) is 9.47 Å². The van der Waals surface area contributed by atoms with E-state index in [0.29, 0.717) is 23.6 Å². The molecule has 1 atom stereocenters. The fraction of sp³-hybridized carbons (Fsp3) is 0.161. The normalized spacial score (nSPS) is 11.3. The molecule has 0 aliphatic carbocycles. The molecule has 4 aromatic carbocycles. The summed E-state index contributed by atoms with van der Waals surface area (Å²) < 4.78 is 25.2. The van der Waals surface area contributed by atoms with Crippen LogP contribution in [-0.4, -0.2) is 18.0 Å². The summed E-state index contributed by atoms with van der Waals surface area (Å²) in [7, 11) is 0. The molecule has 0 aromatic heterocycles. The first kappa shape index (κ1) is 26.4. The fourth-order valence-corrected chi connectivity index (χ4v) is 3.78. The first-order chi connectivity index (χ1) is 18.5. The highest BCUT2D eigenvalue weighted by Crippen LogP contribution is 2.19. The fourth-order valence-electron chi connectivity index (χ4n) is 3.78. The number of rotatable bonds is 10. The topological polar surface area (TPSA) is 76.7 Å². The summed E-state index contributed by atoms with van der Waals surface area (Å²) in [5.74, 6) is -0.232. The molecule has 6 nitrogen and oxygen atoms in total. The Morgan fingerprint density at radius 2 is 1.39 bits per heavy atom. The number of halogens is 1. The summed E-state index contributed by atoms with van der Waals surface area (Å²) in [4.78, 5) is 25.8. The molecule has 38 heavy (non-hydrogen) atoms. The Bertz CT molecular complexity index is 1350. The van der Waals surface area contributed by atoms with Crippen molar-refractivity contribution >= 4 is 17.7 Å². The Morgan fingerprint density at radius 1 is 0.763 bits per heavy atom. The number of anilines is 1. The van der Waals surface area contributed by atoms with E-state index in [2.05, 4.69) is 10.6 Å². The molecule has 0 unspecified atom stereocenters. The highest BCUT2D eigenvalue weighted by atomic mass is 19.1. The van der Waals surface area contributed by atoms with Gasteiger partial charge >= 0.3 is 6.09 Å². The molecule has 2 amide bonds. The molecule has 194 valence electrons. The molecule has 7 heteroatoms. The van der Waals surface area contributed by atoms with Gasteiger partial charge in [-0.2, -0.15) is 0 Å². The van der Waals surface area contributed by atoms with Crippen LogP contribution >= 0.6 is 0 Å². The lowest BCUT2D eigenvalue weighted by atomic mass is 10.0. The van der Waals surface area contributed by atoms with Gasteiger partial charge in [-0.1, -0.05) is 78.9 Å². The lowest BCUT2D eigenvalue weighted by Crippen LogP contribution is -2.45. The van der Waals surface area contributed by atoms with Crippen LogP contribution in [-0.2, 0) is 29.2 Å². The molecule has 4 rings (SSSR count). The lowest BCUT2D eigenvalue weighted by molar-refractivity contribution is -0.118. The van der Waals surface area contributed by atoms with Gasteiger partial charge in [0.15, 0.2) is 0 Å². The first-order valence-electron chi connectivity index (χ1n) is 12.3. The predicted octanol–water partition coefficient (Wildman–Crippen LogP) is 6.19. The number of carbonyl (C=O) groups excluding carboxylic acids is 2. The number of hydrogen-bond acceptors (Lipinski definition) is 4. The summed E-state index contributed by atoms with van der Waals surface area (Å²) in [6, 6.07) is 29.9. The van der Waals surface area contributed by atoms with Crippen LogP contribution in [0.15, 0.2) is 103 Å². The van der Waals surface area contributed by atoms with Gasteiger partial charge in [-0.15, -0.1) is 0 Å². The van der Waals surface area contributed by atoms with Gasteiger partial charge in [-0.25, -0.2) is 9.18 Å². The summed E-state index contributed by atoms with van der Waals surface area (Å²) in [5.41, 5.74) is 3.33. The quantitative estimate of drug-likeness (QED) is 0.266. The SMILES string of the molecule is Cc1c(F)cccc1NC(=O)[C@@H](Cc1ccc(OCc2ccccc2)cc1)NC(=O)OCc1ccccc1. The molecule has 2 N–H and O–H groups in total. The van der Waals surface area contributed by atoms with Crippen molar-refractivity contribution in [3.8, 4) is 5.75 Å². The Balaban J connectivity index is 1.42. The van der Waals surface area contributed by atoms with E-state index in [1.165, 1.54) is 12.1 Å². The first-order valence-corrected chi connectivity index (χ1v) is 12.3. The molecule has 0 saturated carbocycles. The molecular formula is C31H29FN2O4. The van der Waals surface area contributed by atoms with Crippen molar-refractivity contribution in [3.63, 3.8) is 0 Å². The zero-order valence-corrected chi connectivity index (χ0v) is 21.0. The molecule has 0 aliphatic heterocycles. The Labute approximate surface area is 221 Å². The molecule has 0 spiro atoms.